The normalized spacial score (nSPS) is 18.5. The van der Waals surface area contributed by atoms with E-state index in [4.69, 9.17) is 5.84 Å². The van der Waals surface area contributed by atoms with Crippen LogP contribution < -0.4 is 11.3 Å². The number of hydrazine groups is 1. The maximum atomic E-state index is 12.6. The maximum absolute atomic E-state index is 12.6. The molecule has 0 aromatic carbocycles. The molecular formula is C10H16BrN5O2S. The molecule has 0 aliphatic carbocycles. The zero-order valence-corrected chi connectivity index (χ0v) is 12.9. The third kappa shape index (κ3) is 2.90. The van der Waals surface area contributed by atoms with Gasteiger partial charge in [-0.1, -0.05) is 0 Å². The molecular weight excluding hydrogens is 334 g/mol. The van der Waals surface area contributed by atoms with Crippen LogP contribution in [0.1, 0.15) is 0 Å². The van der Waals surface area contributed by atoms with Crippen molar-refractivity contribution in [3.05, 3.63) is 16.9 Å². The fourth-order valence-corrected chi connectivity index (χ4v) is 4.04. The van der Waals surface area contributed by atoms with Gasteiger partial charge in [0.1, 0.15) is 4.90 Å². The highest BCUT2D eigenvalue weighted by Crippen LogP contribution is 2.30. The van der Waals surface area contributed by atoms with Gasteiger partial charge in [-0.2, -0.15) is 4.31 Å². The van der Waals surface area contributed by atoms with Crippen molar-refractivity contribution in [3.63, 3.8) is 0 Å². The number of halogens is 1. The van der Waals surface area contributed by atoms with E-state index in [2.05, 4.69) is 31.2 Å². The fraction of sp³-hybridized carbons (Fsp3) is 0.500. The lowest BCUT2D eigenvalue weighted by molar-refractivity contribution is 0.222. The highest BCUT2D eigenvalue weighted by atomic mass is 79.9. The number of pyridine rings is 1. The summed E-state index contributed by atoms with van der Waals surface area (Å²) in [6.45, 7) is 2.36. The number of nitrogens with one attached hydrogen (secondary N) is 1. The first-order valence-electron chi connectivity index (χ1n) is 5.75. The molecule has 0 bridgehead atoms. The third-order valence-corrected chi connectivity index (χ3v) is 5.60. The summed E-state index contributed by atoms with van der Waals surface area (Å²) in [6.07, 6.45) is 2.81. The predicted molar refractivity (Wildman–Crippen MR) is 76.0 cm³/mol. The molecule has 1 aliphatic heterocycles. The minimum Gasteiger partial charge on any atom is -0.322 e. The summed E-state index contributed by atoms with van der Waals surface area (Å²) >= 11 is 3.24. The Bertz CT molecular complexity index is 557. The van der Waals surface area contributed by atoms with Gasteiger partial charge in [-0.15, -0.1) is 0 Å². The van der Waals surface area contributed by atoms with Crippen molar-refractivity contribution >= 4 is 31.6 Å². The molecule has 0 radical (unpaired) electrons. The van der Waals surface area contributed by atoms with E-state index in [0.29, 0.717) is 36.3 Å². The van der Waals surface area contributed by atoms with Crippen molar-refractivity contribution in [2.24, 2.45) is 5.84 Å². The largest absolute Gasteiger partial charge is 0.322 e. The third-order valence-electron chi connectivity index (χ3n) is 3.09. The summed E-state index contributed by atoms with van der Waals surface area (Å²) in [6, 6.07) is 0. The van der Waals surface area contributed by atoms with E-state index in [1.165, 1.54) is 16.7 Å². The van der Waals surface area contributed by atoms with Crippen LogP contribution >= 0.6 is 15.9 Å². The van der Waals surface area contributed by atoms with Gasteiger partial charge in [0.15, 0.2) is 0 Å². The zero-order chi connectivity index (χ0) is 14.0. The Hall–Kier alpha value is -0.740. The van der Waals surface area contributed by atoms with Crippen molar-refractivity contribution in [2.45, 2.75) is 4.90 Å². The van der Waals surface area contributed by atoms with E-state index in [1.807, 2.05) is 7.05 Å². The zero-order valence-electron chi connectivity index (χ0n) is 10.5. The molecule has 106 valence electrons. The minimum absolute atomic E-state index is 0.0916. The van der Waals surface area contributed by atoms with Crippen LogP contribution in [-0.4, -0.2) is 55.8 Å². The van der Waals surface area contributed by atoms with Gasteiger partial charge in [0.05, 0.1) is 10.2 Å². The van der Waals surface area contributed by atoms with E-state index in [1.54, 1.807) is 0 Å². The first-order valence-corrected chi connectivity index (χ1v) is 7.99. The number of nitrogens with two attached hydrogens (primary N) is 1. The number of anilines is 1. The standard InChI is InChI=1S/C10H16BrN5O2S/c1-15-2-4-16(5-3-15)19(17,18)9-7-13-6-8(11)10(9)14-12/h6-7H,2-5,12H2,1H3,(H,13,14). The highest BCUT2D eigenvalue weighted by Gasteiger charge is 2.30. The summed E-state index contributed by atoms with van der Waals surface area (Å²) in [5.41, 5.74) is 2.74. The number of piperazine rings is 1. The van der Waals surface area contributed by atoms with E-state index in [9.17, 15) is 8.42 Å². The van der Waals surface area contributed by atoms with Crippen molar-refractivity contribution < 1.29 is 8.42 Å². The molecule has 0 spiro atoms. The lowest BCUT2D eigenvalue weighted by Crippen LogP contribution is -2.47. The number of nitrogen functional groups attached to an aromatic ring is 1. The van der Waals surface area contributed by atoms with E-state index in [0.717, 1.165) is 0 Å². The van der Waals surface area contributed by atoms with Gasteiger partial charge in [0, 0.05) is 38.6 Å². The van der Waals surface area contributed by atoms with Crippen LogP contribution in [0.25, 0.3) is 0 Å². The highest BCUT2D eigenvalue weighted by molar-refractivity contribution is 9.10. The summed E-state index contributed by atoms with van der Waals surface area (Å²) in [5.74, 6) is 5.40. The quantitative estimate of drug-likeness (QED) is 0.592. The molecule has 1 aromatic rings. The molecule has 1 fully saturated rings. The topological polar surface area (TPSA) is 91.6 Å². The Balaban J connectivity index is 2.37. The van der Waals surface area contributed by atoms with Crippen molar-refractivity contribution in [1.29, 1.82) is 0 Å². The molecule has 1 saturated heterocycles. The van der Waals surface area contributed by atoms with Gasteiger partial charge in [0.25, 0.3) is 0 Å². The van der Waals surface area contributed by atoms with Crippen LogP contribution in [0.5, 0.6) is 0 Å². The summed E-state index contributed by atoms with van der Waals surface area (Å²) in [7, 11) is -1.61. The molecule has 1 aromatic heterocycles. The van der Waals surface area contributed by atoms with Gasteiger partial charge in [0.2, 0.25) is 10.0 Å². The second kappa shape index (κ2) is 5.71. The summed E-state index contributed by atoms with van der Waals surface area (Å²) in [5, 5.41) is 0. The van der Waals surface area contributed by atoms with Gasteiger partial charge >= 0.3 is 0 Å². The molecule has 3 N–H and O–H groups in total. The average molecular weight is 350 g/mol. The number of rotatable bonds is 3. The monoisotopic (exact) mass is 349 g/mol. The lowest BCUT2D eigenvalue weighted by Gasteiger charge is -2.31. The number of hydrogen-bond acceptors (Lipinski definition) is 6. The van der Waals surface area contributed by atoms with Crippen LogP contribution in [0.15, 0.2) is 21.8 Å². The Labute approximate surface area is 120 Å². The Morgan fingerprint density at radius 1 is 1.32 bits per heavy atom. The Morgan fingerprint density at radius 3 is 2.53 bits per heavy atom. The lowest BCUT2D eigenvalue weighted by atomic mass is 10.4. The van der Waals surface area contributed by atoms with Gasteiger partial charge < -0.3 is 10.3 Å². The Kier molecular flexibility index (Phi) is 4.41. The molecule has 19 heavy (non-hydrogen) atoms. The number of nitrogens with zero attached hydrogens (tertiary/aromatic N) is 3. The molecule has 0 atom stereocenters. The molecule has 2 heterocycles. The average Bonchev–Trinajstić information content (AvgIpc) is 2.39. The summed E-state index contributed by atoms with van der Waals surface area (Å²) < 4.78 is 27.1. The minimum atomic E-state index is -3.58. The first-order chi connectivity index (χ1) is 8.96. The van der Waals surface area contributed by atoms with Crippen LogP contribution in [0.4, 0.5) is 5.69 Å². The van der Waals surface area contributed by atoms with Gasteiger partial charge in [-0.05, 0) is 23.0 Å². The van der Waals surface area contributed by atoms with E-state index < -0.39 is 10.0 Å². The maximum Gasteiger partial charge on any atom is 0.246 e. The number of sulfonamides is 1. The van der Waals surface area contributed by atoms with Crippen LogP contribution in [0.3, 0.4) is 0 Å². The number of hydrogen-bond donors (Lipinski definition) is 2. The van der Waals surface area contributed by atoms with Crippen molar-refractivity contribution in [2.75, 3.05) is 38.7 Å². The number of likely N-dealkylation sites (N-methyl/N-ethyl adjacent to an activating group) is 1. The van der Waals surface area contributed by atoms with Crippen molar-refractivity contribution in [3.8, 4) is 0 Å². The smallest absolute Gasteiger partial charge is 0.246 e. The summed E-state index contributed by atoms with van der Waals surface area (Å²) in [4.78, 5) is 6.09. The molecule has 2 rings (SSSR count). The van der Waals surface area contributed by atoms with Crippen LogP contribution in [0, 0.1) is 0 Å². The first kappa shape index (κ1) is 14.7. The molecule has 0 unspecified atom stereocenters. The predicted octanol–water partition coefficient (Wildman–Crippen LogP) is 0.0658. The molecule has 9 heteroatoms. The number of aromatic nitrogens is 1. The van der Waals surface area contributed by atoms with Crippen LogP contribution in [0.2, 0.25) is 0 Å². The molecule has 0 saturated carbocycles. The fourth-order valence-electron chi connectivity index (χ4n) is 1.92. The second-order valence-electron chi connectivity index (χ2n) is 4.35. The molecule has 7 nitrogen and oxygen atoms in total. The Morgan fingerprint density at radius 2 is 1.95 bits per heavy atom. The van der Waals surface area contributed by atoms with Gasteiger partial charge in [-0.25, -0.2) is 8.42 Å². The van der Waals surface area contributed by atoms with Crippen molar-refractivity contribution in [1.82, 2.24) is 14.2 Å². The van der Waals surface area contributed by atoms with E-state index in [-0.39, 0.29) is 4.90 Å². The molecule has 1 aliphatic rings. The molecule has 0 amide bonds. The van der Waals surface area contributed by atoms with Gasteiger partial charge in [-0.3, -0.25) is 10.8 Å². The SMILES string of the molecule is CN1CCN(S(=O)(=O)c2cncc(Br)c2NN)CC1. The van der Waals surface area contributed by atoms with E-state index >= 15 is 0 Å². The second-order valence-corrected chi connectivity index (χ2v) is 7.11. The van der Waals surface area contributed by atoms with Crippen LogP contribution in [-0.2, 0) is 10.0 Å².